The van der Waals surface area contributed by atoms with Gasteiger partial charge in [-0.2, -0.15) is 0 Å². The molecule has 0 spiro atoms. The second-order valence-corrected chi connectivity index (χ2v) is 6.09. The zero-order valence-electron chi connectivity index (χ0n) is 12.9. The summed E-state index contributed by atoms with van der Waals surface area (Å²) in [5.74, 6) is 9.57. The number of nitrogens with zero attached hydrogens (tertiary/aromatic N) is 2. The van der Waals surface area contributed by atoms with Crippen molar-refractivity contribution in [2.24, 2.45) is 17.7 Å². The molecule has 0 saturated heterocycles. The van der Waals surface area contributed by atoms with Gasteiger partial charge in [0.1, 0.15) is 17.5 Å². The zero-order chi connectivity index (χ0) is 14.5. The van der Waals surface area contributed by atoms with Crippen LogP contribution in [0, 0.1) is 25.7 Å². The summed E-state index contributed by atoms with van der Waals surface area (Å²) in [4.78, 5) is 8.73. The van der Waals surface area contributed by atoms with Gasteiger partial charge in [0.15, 0.2) is 0 Å². The van der Waals surface area contributed by atoms with Crippen molar-refractivity contribution in [3.8, 4) is 0 Å². The standard InChI is InChI=1S/C15H27N5/c1-10-5-4-6-13(9-10)7-8-17-14-11(2)15(20-16)19-12(3)18-14/h10,13H,4-9,16H2,1-3H3,(H2,17,18,19,20). The van der Waals surface area contributed by atoms with Gasteiger partial charge in [-0.3, -0.25) is 0 Å². The SMILES string of the molecule is Cc1nc(NN)c(C)c(NCCC2CCCC(C)C2)n1. The van der Waals surface area contributed by atoms with E-state index < -0.39 is 0 Å². The Hall–Kier alpha value is -1.36. The number of hydrazine groups is 1. The first kappa shape index (κ1) is 15.0. The van der Waals surface area contributed by atoms with Crippen molar-refractivity contribution in [3.05, 3.63) is 11.4 Å². The van der Waals surface area contributed by atoms with Gasteiger partial charge in [0.2, 0.25) is 0 Å². The monoisotopic (exact) mass is 277 g/mol. The van der Waals surface area contributed by atoms with Gasteiger partial charge in [-0.15, -0.1) is 0 Å². The van der Waals surface area contributed by atoms with Crippen LogP contribution in [0.15, 0.2) is 0 Å². The van der Waals surface area contributed by atoms with Crippen LogP contribution in [-0.2, 0) is 0 Å². The van der Waals surface area contributed by atoms with Gasteiger partial charge in [0.05, 0.1) is 0 Å². The number of rotatable bonds is 5. The first-order valence-electron chi connectivity index (χ1n) is 7.66. The van der Waals surface area contributed by atoms with Crippen LogP contribution >= 0.6 is 0 Å². The number of nitrogen functional groups attached to an aromatic ring is 1. The fourth-order valence-corrected chi connectivity index (χ4v) is 3.16. The molecule has 1 aromatic rings. The highest BCUT2D eigenvalue weighted by molar-refractivity contribution is 5.56. The summed E-state index contributed by atoms with van der Waals surface area (Å²) < 4.78 is 0. The lowest BCUT2D eigenvalue weighted by atomic mass is 9.81. The predicted molar refractivity (Wildman–Crippen MR) is 83.5 cm³/mol. The molecule has 0 radical (unpaired) electrons. The van der Waals surface area contributed by atoms with E-state index in [1.807, 2.05) is 13.8 Å². The molecule has 1 fully saturated rings. The number of hydrogen-bond acceptors (Lipinski definition) is 5. The van der Waals surface area contributed by atoms with E-state index in [9.17, 15) is 0 Å². The highest BCUT2D eigenvalue weighted by Crippen LogP contribution is 2.30. The maximum absolute atomic E-state index is 5.48. The van der Waals surface area contributed by atoms with E-state index in [1.54, 1.807) is 0 Å². The summed E-state index contributed by atoms with van der Waals surface area (Å²) in [6, 6.07) is 0. The van der Waals surface area contributed by atoms with Crippen molar-refractivity contribution in [1.82, 2.24) is 9.97 Å². The van der Waals surface area contributed by atoms with Crippen LogP contribution in [0.3, 0.4) is 0 Å². The molecule has 2 unspecified atom stereocenters. The van der Waals surface area contributed by atoms with E-state index in [4.69, 9.17) is 5.84 Å². The van der Waals surface area contributed by atoms with Gasteiger partial charge in [0.25, 0.3) is 0 Å². The average molecular weight is 277 g/mol. The Bertz CT molecular complexity index is 446. The summed E-state index contributed by atoms with van der Waals surface area (Å²) in [6.07, 6.45) is 6.76. The second-order valence-electron chi connectivity index (χ2n) is 6.09. The lowest BCUT2D eigenvalue weighted by Gasteiger charge is -2.26. The van der Waals surface area contributed by atoms with E-state index >= 15 is 0 Å². The molecule has 0 amide bonds. The van der Waals surface area contributed by atoms with Crippen molar-refractivity contribution in [3.63, 3.8) is 0 Å². The summed E-state index contributed by atoms with van der Waals surface area (Å²) in [5.41, 5.74) is 3.61. The molecule has 0 bridgehead atoms. The summed E-state index contributed by atoms with van der Waals surface area (Å²) in [7, 11) is 0. The number of aryl methyl sites for hydroxylation is 1. The van der Waals surface area contributed by atoms with E-state index in [-0.39, 0.29) is 0 Å². The minimum absolute atomic E-state index is 0.700. The minimum atomic E-state index is 0.700. The molecule has 2 atom stereocenters. The number of aromatic nitrogens is 2. The number of anilines is 2. The topological polar surface area (TPSA) is 75.9 Å². The molecule has 1 aromatic heterocycles. The summed E-state index contributed by atoms with van der Waals surface area (Å²) in [6.45, 7) is 7.21. The molecule has 2 rings (SSSR count). The molecule has 0 aromatic carbocycles. The van der Waals surface area contributed by atoms with Gasteiger partial charge < -0.3 is 10.7 Å². The largest absolute Gasteiger partial charge is 0.370 e. The van der Waals surface area contributed by atoms with Crippen molar-refractivity contribution in [2.75, 3.05) is 17.3 Å². The minimum Gasteiger partial charge on any atom is -0.370 e. The van der Waals surface area contributed by atoms with Gasteiger partial charge in [-0.25, -0.2) is 15.8 Å². The average Bonchev–Trinajstić information content (AvgIpc) is 2.42. The van der Waals surface area contributed by atoms with Gasteiger partial charge in [0, 0.05) is 12.1 Å². The van der Waals surface area contributed by atoms with Crippen LogP contribution in [0.2, 0.25) is 0 Å². The molecule has 1 heterocycles. The zero-order valence-corrected chi connectivity index (χ0v) is 12.9. The van der Waals surface area contributed by atoms with E-state index in [2.05, 4.69) is 27.6 Å². The smallest absolute Gasteiger partial charge is 0.148 e. The van der Waals surface area contributed by atoms with Crippen LogP contribution in [-0.4, -0.2) is 16.5 Å². The van der Waals surface area contributed by atoms with E-state index in [0.717, 1.165) is 35.6 Å². The van der Waals surface area contributed by atoms with Crippen LogP contribution in [0.25, 0.3) is 0 Å². The molecule has 112 valence electrons. The van der Waals surface area contributed by atoms with E-state index in [0.29, 0.717) is 5.82 Å². The predicted octanol–water partition coefficient (Wildman–Crippen LogP) is 3.01. The Morgan fingerprint density at radius 1 is 1.20 bits per heavy atom. The van der Waals surface area contributed by atoms with Crippen LogP contribution < -0.4 is 16.6 Å². The van der Waals surface area contributed by atoms with Gasteiger partial charge >= 0.3 is 0 Å². The van der Waals surface area contributed by atoms with Crippen molar-refractivity contribution in [1.29, 1.82) is 0 Å². The molecule has 1 aliphatic rings. The maximum Gasteiger partial charge on any atom is 0.148 e. The van der Waals surface area contributed by atoms with Crippen LogP contribution in [0.1, 0.15) is 50.4 Å². The lowest BCUT2D eigenvalue weighted by Crippen LogP contribution is -2.18. The summed E-state index contributed by atoms with van der Waals surface area (Å²) >= 11 is 0. The Kier molecular flexibility index (Phi) is 5.17. The molecule has 5 heteroatoms. The molecule has 1 saturated carbocycles. The first-order chi connectivity index (χ1) is 9.60. The Labute approximate surface area is 121 Å². The molecule has 5 nitrogen and oxygen atoms in total. The highest BCUT2D eigenvalue weighted by atomic mass is 15.3. The Balaban J connectivity index is 1.89. The van der Waals surface area contributed by atoms with Crippen molar-refractivity contribution < 1.29 is 0 Å². The molecule has 4 N–H and O–H groups in total. The van der Waals surface area contributed by atoms with Crippen molar-refractivity contribution in [2.45, 2.75) is 52.9 Å². The Morgan fingerprint density at radius 3 is 2.65 bits per heavy atom. The maximum atomic E-state index is 5.48. The van der Waals surface area contributed by atoms with Crippen LogP contribution in [0.5, 0.6) is 0 Å². The molecule has 20 heavy (non-hydrogen) atoms. The van der Waals surface area contributed by atoms with E-state index in [1.165, 1.54) is 32.1 Å². The lowest BCUT2D eigenvalue weighted by molar-refractivity contribution is 0.274. The quantitative estimate of drug-likeness (QED) is 0.570. The van der Waals surface area contributed by atoms with Crippen molar-refractivity contribution >= 4 is 11.6 Å². The van der Waals surface area contributed by atoms with Gasteiger partial charge in [-0.05, 0) is 38.5 Å². The highest BCUT2D eigenvalue weighted by Gasteiger charge is 2.18. The first-order valence-corrected chi connectivity index (χ1v) is 7.66. The van der Waals surface area contributed by atoms with Gasteiger partial charge in [-0.1, -0.05) is 26.2 Å². The molecule has 1 aliphatic carbocycles. The Morgan fingerprint density at radius 2 is 1.95 bits per heavy atom. The van der Waals surface area contributed by atoms with Crippen LogP contribution in [0.4, 0.5) is 11.6 Å². The number of nitrogens with one attached hydrogen (secondary N) is 2. The third-order valence-corrected chi connectivity index (χ3v) is 4.28. The molecular formula is C15H27N5. The molecular weight excluding hydrogens is 250 g/mol. The fourth-order valence-electron chi connectivity index (χ4n) is 3.16. The summed E-state index contributed by atoms with van der Waals surface area (Å²) in [5, 5.41) is 3.44. The number of hydrogen-bond donors (Lipinski definition) is 3. The number of nitrogens with two attached hydrogens (primary N) is 1. The second kappa shape index (κ2) is 6.88. The molecule has 0 aliphatic heterocycles. The fraction of sp³-hybridized carbons (Fsp3) is 0.733. The third kappa shape index (κ3) is 3.82. The third-order valence-electron chi connectivity index (χ3n) is 4.28. The normalized spacial score (nSPS) is 22.6.